The number of hydrazine groups is 1. The lowest BCUT2D eigenvalue weighted by Gasteiger charge is -2.08. The van der Waals surface area contributed by atoms with Crippen LogP contribution in [-0.2, 0) is 4.79 Å². The number of aromatic nitrogens is 1. The molecular weight excluding hydrogens is 270 g/mol. The minimum absolute atomic E-state index is 0.0234. The maximum atomic E-state index is 12.0. The summed E-state index contributed by atoms with van der Waals surface area (Å²) in [6, 6.07) is 5.62. The number of ether oxygens (including phenoxy) is 1. The molecule has 2 rings (SSSR count). The van der Waals surface area contributed by atoms with E-state index in [-0.39, 0.29) is 5.70 Å². The highest BCUT2D eigenvalue weighted by molar-refractivity contribution is 6.08. The van der Waals surface area contributed by atoms with Crippen LogP contribution >= 0.6 is 0 Å². The number of fused-ring (bicyclic) bond motifs is 1. The van der Waals surface area contributed by atoms with Crippen molar-refractivity contribution in [2.45, 2.75) is 6.92 Å². The average molecular weight is 289 g/mol. The van der Waals surface area contributed by atoms with Crippen molar-refractivity contribution in [1.82, 2.24) is 9.99 Å². The number of aromatic amines is 1. The van der Waals surface area contributed by atoms with Gasteiger partial charge in [0, 0.05) is 30.3 Å². The molecule has 0 bridgehead atoms. The third-order valence-corrected chi connectivity index (χ3v) is 2.82. The molecule has 7 nitrogen and oxygen atoms in total. The monoisotopic (exact) mass is 289 g/mol. The lowest BCUT2D eigenvalue weighted by Crippen LogP contribution is -2.26. The SMILES string of the molecule is CCOc1ccc2[nH]cc(NC(=O)/C(N)=C/N(C)N)c2c1. The second kappa shape index (κ2) is 6.19. The van der Waals surface area contributed by atoms with Gasteiger partial charge in [-0.2, -0.15) is 0 Å². The van der Waals surface area contributed by atoms with Crippen LogP contribution in [0, 0.1) is 0 Å². The zero-order chi connectivity index (χ0) is 15.4. The summed E-state index contributed by atoms with van der Waals surface area (Å²) >= 11 is 0. The molecule has 0 aliphatic heterocycles. The Morgan fingerprint density at radius 3 is 2.95 bits per heavy atom. The molecular formula is C14H19N5O2. The quantitative estimate of drug-likeness (QED) is 0.374. The van der Waals surface area contributed by atoms with Gasteiger partial charge < -0.3 is 25.8 Å². The van der Waals surface area contributed by atoms with Gasteiger partial charge in [0.2, 0.25) is 0 Å². The molecule has 1 aromatic carbocycles. The molecule has 0 fully saturated rings. The van der Waals surface area contributed by atoms with E-state index in [1.54, 1.807) is 13.2 Å². The molecule has 0 atom stereocenters. The van der Waals surface area contributed by atoms with Crippen LogP contribution in [0.5, 0.6) is 5.75 Å². The predicted molar refractivity (Wildman–Crippen MR) is 82.3 cm³/mol. The van der Waals surface area contributed by atoms with E-state index in [0.717, 1.165) is 16.7 Å². The molecule has 1 heterocycles. The van der Waals surface area contributed by atoms with Crippen LogP contribution in [0.25, 0.3) is 10.9 Å². The Kier molecular flexibility index (Phi) is 4.34. The summed E-state index contributed by atoms with van der Waals surface area (Å²) in [5.41, 5.74) is 7.20. The molecule has 1 amide bonds. The minimum Gasteiger partial charge on any atom is -0.494 e. The normalized spacial score (nSPS) is 11.5. The van der Waals surface area contributed by atoms with Crippen LogP contribution in [-0.4, -0.2) is 29.6 Å². The van der Waals surface area contributed by atoms with Gasteiger partial charge in [-0.3, -0.25) is 4.79 Å². The number of benzene rings is 1. The zero-order valence-electron chi connectivity index (χ0n) is 12.0. The maximum absolute atomic E-state index is 12.0. The molecule has 21 heavy (non-hydrogen) atoms. The lowest BCUT2D eigenvalue weighted by molar-refractivity contribution is -0.113. The first-order valence-corrected chi connectivity index (χ1v) is 6.51. The Bertz CT molecular complexity index is 675. The largest absolute Gasteiger partial charge is 0.494 e. The van der Waals surface area contributed by atoms with E-state index in [9.17, 15) is 4.79 Å². The number of hydrogen-bond donors (Lipinski definition) is 4. The molecule has 7 heteroatoms. The number of nitrogens with two attached hydrogens (primary N) is 2. The highest BCUT2D eigenvalue weighted by atomic mass is 16.5. The van der Waals surface area contributed by atoms with Gasteiger partial charge in [0.25, 0.3) is 5.91 Å². The summed E-state index contributed by atoms with van der Waals surface area (Å²) in [6.45, 7) is 2.49. The standard InChI is InChI=1S/C14H19N5O2/c1-3-21-9-4-5-12-10(6-9)13(7-17-12)18-14(20)11(15)8-19(2)16/h4-8,17H,3,15-16H2,1-2H3,(H,18,20)/b11-8-. The van der Waals surface area contributed by atoms with Crippen LogP contribution in [0.4, 0.5) is 5.69 Å². The Balaban J connectivity index is 2.26. The van der Waals surface area contributed by atoms with Crippen molar-refractivity contribution >= 4 is 22.5 Å². The smallest absolute Gasteiger partial charge is 0.273 e. The van der Waals surface area contributed by atoms with Crippen molar-refractivity contribution in [3.8, 4) is 5.75 Å². The topological polar surface area (TPSA) is 109 Å². The number of carbonyl (C=O) groups excluding carboxylic acids is 1. The van der Waals surface area contributed by atoms with E-state index in [0.29, 0.717) is 12.3 Å². The molecule has 0 saturated carbocycles. The minimum atomic E-state index is -0.421. The Morgan fingerprint density at radius 2 is 2.29 bits per heavy atom. The van der Waals surface area contributed by atoms with Crippen molar-refractivity contribution in [3.05, 3.63) is 36.3 Å². The average Bonchev–Trinajstić information content (AvgIpc) is 2.81. The molecule has 0 unspecified atom stereocenters. The molecule has 0 radical (unpaired) electrons. The summed E-state index contributed by atoms with van der Waals surface area (Å²) in [5, 5.41) is 4.81. The van der Waals surface area contributed by atoms with E-state index in [1.165, 1.54) is 11.2 Å². The molecule has 2 aromatic rings. The summed E-state index contributed by atoms with van der Waals surface area (Å²) in [7, 11) is 1.58. The third-order valence-electron chi connectivity index (χ3n) is 2.82. The fourth-order valence-corrected chi connectivity index (χ4v) is 1.93. The highest BCUT2D eigenvalue weighted by Gasteiger charge is 2.11. The van der Waals surface area contributed by atoms with Gasteiger partial charge in [0.1, 0.15) is 11.4 Å². The zero-order valence-corrected chi connectivity index (χ0v) is 12.0. The van der Waals surface area contributed by atoms with Gasteiger partial charge in [-0.05, 0) is 25.1 Å². The summed E-state index contributed by atoms with van der Waals surface area (Å²) in [6.07, 6.45) is 3.05. The third kappa shape index (κ3) is 3.46. The van der Waals surface area contributed by atoms with E-state index >= 15 is 0 Å². The van der Waals surface area contributed by atoms with Crippen LogP contribution in [0.3, 0.4) is 0 Å². The van der Waals surface area contributed by atoms with Crippen LogP contribution in [0.2, 0.25) is 0 Å². The number of anilines is 1. The summed E-state index contributed by atoms with van der Waals surface area (Å²) in [4.78, 5) is 15.0. The van der Waals surface area contributed by atoms with Gasteiger partial charge in [-0.1, -0.05) is 0 Å². The Hall–Kier alpha value is -2.67. The van der Waals surface area contributed by atoms with Gasteiger partial charge in [0.15, 0.2) is 0 Å². The highest BCUT2D eigenvalue weighted by Crippen LogP contribution is 2.27. The second-order valence-electron chi connectivity index (χ2n) is 4.55. The lowest BCUT2D eigenvalue weighted by atomic mass is 10.2. The predicted octanol–water partition coefficient (Wildman–Crippen LogP) is 1.11. The molecule has 0 aliphatic carbocycles. The van der Waals surface area contributed by atoms with Gasteiger partial charge in [-0.25, -0.2) is 5.84 Å². The van der Waals surface area contributed by atoms with Gasteiger partial charge in [0.05, 0.1) is 12.3 Å². The second-order valence-corrected chi connectivity index (χ2v) is 4.55. The number of amides is 1. The van der Waals surface area contributed by atoms with Crippen molar-refractivity contribution < 1.29 is 9.53 Å². The van der Waals surface area contributed by atoms with Gasteiger partial charge >= 0.3 is 0 Å². The number of carbonyl (C=O) groups is 1. The van der Waals surface area contributed by atoms with Crippen molar-refractivity contribution in [2.24, 2.45) is 11.6 Å². The van der Waals surface area contributed by atoms with Crippen molar-refractivity contribution in [2.75, 3.05) is 19.0 Å². The van der Waals surface area contributed by atoms with Crippen LogP contribution in [0.1, 0.15) is 6.92 Å². The molecule has 112 valence electrons. The van der Waals surface area contributed by atoms with Crippen molar-refractivity contribution in [3.63, 3.8) is 0 Å². The van der Waals surface area contributed by atoms with Crippen LogP contribution in [0.15, 0.2) is 36.3 Å². The van der Waals surface area contributed by atoms with Gasteiger partial charge in [-0.15, -0.1) is 0 Å². The first kappa shape index (κ1) is 14.7. The number of hydrogen-bond acceptors (Lipinski definition) is 5. The van der Waals surface area contributed by atoms with Crippen molar-refractivity contribution in [1.29, 1.82) is 0 Å². The first-order chi connectivity index (χ1) is 10.0. The van der Waals surface area contributed by atoms with E-state index in [1.807, 2.05) is 25.1 Å². The number of rotatable bonds is 5. The number of nitrogens with one attached hydrogen (secondary N) is 2. The van der Waals surface area contributed by atoms with E-state index < -0.39 is 5.91 Å². The maximum Gasteiger partial charge on any atom is 0.273 e. The molecule has 0 aliphatic rings. The summed E-state index contributed by atoms with van der Waals surface area (Å²) in [5.74, 6) is 5.74. The molecule has 1 aromatic heterocycles. The fraction of sp³-hybridized carbons (Fsp3) is 0.214. The first-order valence-electron chi connectivity index (χ1n) is 6.51. The molecule has 0 saturated heterocycles. The fourth-order valence-electron chi connectivity index (χ4n) is 1.93. The molecule has 6 N–H and O–H groups in total. The van der Waals surface area contributed by atoms with E-state index in [4.69, 9.17) is 16.3 Å². The van der Waals surface area contributed by atoms with Crippen LogP contribution < -0.4 is 21.6 Å². The number of nitrogens with zero attached hydrogens (tertiary/aromatic N) is 1. The number of H-pyrrole nitrogens is 1. The van der Waals surface area contributed by atoms with E-state index in [2.05, 4.69) is 10.3 Å². The summed E-state index contributed by atoms with van der Waals surface area (Å²) < 4.78 is 5.46. The Labute approximate surface area is 122 Å². The molecule has 0 spiro atoms. The Morgan fingerprint density at radius 1 is 1.52 bits per heavy atom.